The topological polar surface area (TPSA) is 64.3 Å². The third kappa shape index (κ3) is 4.77. The van der Waals surface area contributed by atoms with Crippen LogP contribution in [0.1, 0.15) is 42.9 Å². The molecule has 3 unspecified atom stereocenters. The number of para-hydroxylation sites is 1. The van der Waals surface area contributed by atoms with Crippen LogP contribution in [0.15, 0.2) is 54.6 Å². The van der Waals surface area contributed by atoms with Gasteiger partial charge < -0.3 is 15.8 Å². The molecule has 4 nitrogen and oxygen atoms in total. The summed E-state index contributed by atoms with van der Waals surface area (Å²) in [6.07, 6.45) is 3.70. The van der Waals surface area contributed by atoms with Crippen molar-refractivity contribution in [1.29, 1.82) is 0 Å². The SMILES string of the molecule is COc1ccccc1C(NC(=O)C1CCCC(N)C1)c1ccccc1.Cl. The van der Waals surface area contributed by atoms with Crippen LogP contribution in [0.25, 0.3) is 0 Å². The summed E-state index contributed by atoms with van der Waals surface area (Å²) in [5.74, 6) is 0.844. The first-order valence-corrected chi connectivity index (χ1v) is 8.93. The van der Waals surface area contributed by atoms with Crippen molar-refractivity contribution in [2.24, 2.45) is 11.7 Å². The van der Waals surface area contributed by atoms with Crippen LogP contribution in [0.4, 0.5) is 0 Å². The highest BCUT2D eigenvalue weighted by Gasteiger charge is 2.28. The standard InChI is InChI=1S/C21H26N2O2.ClH/c1-25-19-13-6-5-12-18(19)20(15-8-3-2-4-9-15)23-21(24)16-10-7-11-17(22)14-16;/h2-6,8-9,12-13,16-17,20H,7,10-11,14,22H2,1H3,(H,23,24);1H. The fourth-order valence-corrected chi connectivity index (χ4v) is 3.62. The van der Waals surface area contributed by atoms with Gasteiger partial charge in [-0.25, -0.2) is 0 Å². The van der Waals surface area contributed by atoms with Crippen LogP contribution in [0, 0.1) is 5.92 Å². The van der Waals surface area contributed by atoms with Gasteiger partial charge in [0.1, 0.15) is 5.75 Å². The number of carbonyl (C=O) groups excluding carboxylic acids is 1. The second-order valence-electron chi connectivity index (χ2n) is 6.72. The van der Waals surface area contributed by atoms with Crippen LogP contribution in [0.2, 0.25) is 0 Å². The number of hydrogen-bond acceptors (Lipinski definition) is 3. The monoisotopic (exact) mass is 374 g/mol. The lowest BCUT2D eigenvalue weighted by Crippen LogP contribution is -2.39. The number of nitrogens with one attached hydrogen (secondary N) is 1. The van der Waals surface area contributed by atoms with Gasteiger partial charge in [0.05, 0.1) is 13.2 Å². The van der Waals surface area contributed by atoms with E-state index in [4.69, 9.17) is 10.5 Å². The average molecular weight is 375 g/mol. The van der Waals surface area contributed by atoms with Gasteiger partial charge in [0.15, 0.2) is 0 Å². The van der Waals surface area contributed by atoms with Crippen molar-refractivity contribution in [3.63, 3.8) is 0 Å². The normalized spacial score (nSPS) is 20.5. The van der Waals surface area contributed by atoms with Gasteiger partial charge in [-0.2, -0.15) is 0 Å². The molecule has 1 aliphatic carbocycles. The molecule has 5 heteroatoms. The van der Waals surface area contributed by atoms with Crippen LogP contribution in [0.3, 0.4) is 0 Å². The highest BCUT2D eigenvalue weighted by molar-refractivity contribution is 5.85. The second kappa shape index (κ2) is 9.60. The Bertz CT molecular complexity index is 708. The number of methoxy groups -OCH3 is 1. The van der Waals surface area contributed by atoms with Crippen molar-refractivity contribution in [1.82, 2.24) is 5.32 Å². The Morgan fingerprint density at radius 2 is 1.81 bits per heavy atom. The predicted molar refractivity (Wildman–Crippen MR) is 107 cm³/mol. The summed E-state index contributed by atoms with van der Waals surface area (Å²) < 4.78 is 5.52. The van der Waals surface area contributed by atoms with E-state index in [1.54, 1.807) is 7.11 Å². The summed E-state index contributed by atoms with van der Waals surface area (Å²) in [7, 11) is 1.66. The zero-order valence-electron chi connectivity index (χ0n) is 15.1. The number of rotatable bonds is 5. The number of nitrogens with two attached hydrogens (primary N) is 1. The summed E-state index contributed by atoms with van der Waals surface area (Å²) in [6, 6.07) is 17.7. The van der Waals surface area contributed by atoms with Crippen molar-refractivity contribution >= 4 is 18.3 Å². The summed E-state index contributed by atoms with van der Waals surface area (Å²) in [6.45, 7) is 0. The van der Waals surface area contributed by atoms with Crippen molar-refractivity contribution in [3.8, 4) is 5.75 Å². The van der Waals surface area contributed by atoms with E-state index in [0.717, 1.165) is 42.6 Å². The van der Waals surface area contributed by atoms with Gasteiger partial charge in [-0.15, -0.1) is 12.4 Å². The molecule has 140 valence electrons. The van der Waals surface area contributed by atoms with Crippen molar-refractivity contribution < 1.29 is 9.53 Å². The Balaban J connectivity index is 0.00000243. The van der Waals surface area contributed by atoms with Crippen LogP contribution in [-0.4, -0.2) is 19.1 Å². The van der Waals surface area contributed by atoms with E-state index in [2.05, 4.69) is 5.32 Å². The van der Waals surface area contributed by atoms with E-state index < -0.39 is 0 Å². The molecule has 3 N–H and O–H groups in total. The molecule has 26 heavy (non-hydrogen) atoms. The Kier molecular flexibility index (Phi) is 7.49. The van der Waals surface area contributed by atoms with E-state index in [1.165, 1.54) is 0 Å². The number of benzene rings is 2. The van der Waals surface area contributed by atoms with Crippen molar-refractivity contribution in [2.45, 2.75) is 37.8 Å². The van der Waals surface area contributed by atoms with Crippen LogP contribution in [-0.2, 0) is 4.79 Å². The lowest BCUT2D eigenvalue weighted by molar-refractivity contribution is -0.126. The Morgan fingerprint density at radius 1 is 1.12 bits per heavy atom. The fraction of sp³-hybridized carbons (Fsp3) is 0.381. The predicted octanol–water partition coefficient (Wildman–Crippen LogP) is 3.84. The second-order valence-corrected chi connectivity index (χ2v) is 6.72. The van der Waals surface area contributed by atoms with Gasteiger partial charge in [-0.3, -0.25) is 4.79 Å². The van der Waals surface area contributed by atoms with Crippen LogP contribution >= 0.6 is 12.4 Å². The third-order valence-corrected chi connectivity index (χ3v) is 4.95. The minimum absolute atomic E-state index is 0. The molecule has 2 aromatic carbocycles. The van der Waals surface area contributed by atoms with E-state index in [1.807, 2.05) is 54.6 Å². The molecule has 3 atom stereocenters. The summed E-state index contributed by atoms with van der Waals surface area (Å²) >= 11 is 0. The summed E-state index contributed by atoms with van der Waals surface area (Å²) in [4.78, 5) is 12.9. The average Bonchev–Trinajstić information content (AvgIpc) is 2.66. The Labute approximate surface area is 161 Å². The van der Waals surface area contributed by atoms with E-state index in [0.29, 0.717) is 0 Å². The molecule has 0 saturated heterocycles. The minimum atomic E-state index is -0.233. The first-order chi connectivity index (χ1) is 12.2. The maximum atomic E-state index is 12.9. The van der Waals surface area contributed by atoms with Crippen molar-refractivity contribution in [3.05, 3.63) is 65.7 Å². The largest absolute Gasteiger partial charge is 0.496 e. The molecule has 1 fully saturated rings. The van der Waals surface area contributed by atoms with Gasteiger partial charge in [0.25, 0.3) is 0 Å². The maximum Gasteiger partial charge on any atom is 0.223 e. The third-order valence-electron chi connectivity index (χ3n) is 4.95. The van der Waals surface area contributed by atoms with Gasteiger partial charge in [-0.1, -0.05) is 55.0 Å². The first-order valence-electron chi connectivity index (χ1n) is 8.93. The number of hydrogen-bond donors (Lipinski definition) is 2. The number of ether oxygens (including phenoxy) is 1. The van der Waals surface area contributed by atoms with Gasteiger partial charge in [0, 0.05) is 17.5 Å². The lowest BCUT2D eigenvalue weighted by atomic mass is 9.85. The molecule has 1 amide bonds. The maximum absolute atomic E-state index is 12.9. The van der Waals surface area contributed by atoms with Gasteiger partial charge >= 0.3 is 0 Å². The van der Waals surface area contributed by atoms with Crippen LogP contribution in [0.5, 0.6) is 5.75 Å². The van der Waals surface area contributed by atoms with E-state index >= 15 is 0 Å². The molecule has 0 aliphatic heterocycles. The highest BCUT2D eigenvalue weighted by atomic mass is 35.5. The van der Waals surface area contributed by atoms with Gasteiger partial charge in [-0.05, 0) is 30.9 Å². The molecule has 0 heterocycles. The molecule has 2 aromatic rings. The Hall–Kier alpha value is -2.04. The summed E-state index contributed by atoms with van der Waals surface area (Å²) in [5.41, 5.74) is 8.07. The Morgan fingerprint density at radius 3 is 2.50 bits per heavy atom. The molecule has 1 aliphatic rings. The zero-order valence-corrected chi connectivity index (χ0v) is 15.9. The number of carbonyl (C=O) groups is 1. The zero-order chi connectivity index (χ0) is 17.6. The van der Waals surface area contributed by atoms with E-state index in [9.17, 15) is 4.79 Å². The minimum Gasteiger partial charge on any atom is -0.496 e. The quantitative estimate of drug-likeness (QED) is 0.835. The molecule has 0 bridgehead atoms. The van der Waals surface area contributed by atoms with Gasteiger partial charge in [0.2, 0.25) is 5.91 Å². The highest BCUT2D eigenvalue weighted by Crippen LogP contribution is 2.31. The van der Waals surface area contributed by atoms with Crippen LogP contribution < -0.4 is 15.8 Å². The van der Waals surface area contributed by atoms with Crippen molar-refractivity contribution in [2.75, 3.05) is 7.11 Å². The molecule has 1 saturated carbocycles. The molecule has 0 radical (unpaired) electrons. The fourth-order valence-electron chi connectivity index (χ4n) is 3.62. The molecular formula is C21H27ClN2O2. The van der Waals surface area contributed by atoms with E-state index in [-0.39, 0.29) is 36.3 Å². The smallest absolute Gasteiger partial charge is 0.223 e. The lowest BCUT2D eigenvalue weighted by Gasteiger charge is -2.28. The summed E-state index contributed by atoms with van der Waals surface area (Å²) in [5, 5.41) is 3.24. The molecule has 3 rings (SSSR count). The number of amides is 1. The number of halogens is 1. The molecular weight excluding hydrogens is 348 g/mol. The molecule has 0 spiro atoms. The molecule has 0 aromatic heterocycles. The first kappa shape index (κ1) is 20.3.